The summed E-state index contributed by atoms with van der Waals surface area (Å²) in [4.78, 5) is 59.3. The van der Waals surface area contributed by atoms with Crippen molar-refractivity contribution in [1.29, 1.82) is 0 Å². The smallest absolute Gasteiger partial charge is 0.324 e. The number of carbonyl (C=O) groups excluding carboxylic acids is 3. The zero-order valence-corrected chi connectivity index (χ0v) is 25.7. The molecule has 4 aromatic rings. The van der Waals surface area contributed by atoms with Crippen molar-refractivity contribution in [2.45, 2.75) is 46.1 Å². The molecule has 4 heterocycles. The van der Waals surface area contributed by atoms with Gasteiger partial charge in [0.1, 0.15) is 11.5 Å². The van der Waals surface area contributed by atoms with Crippen molar-refractivity contribution in [3.05, 3.63) is 105 Å². The molecule has 3 amide bonds. The third-order valence-electron chi connectivity index (χ3n) is 7.95. The highest BCUT2D eigenvalue weighted by atomic mass is 16.2. The number of nitrogens with one attached hydrogen (secondary N) is 2. The van der Waals surface area contributed by atoms with Crippen molar-refractivity contribution < 1.29 is 14.4 Å². The zero-order chi connectivity index (χ0) is 32.0. The second-order valence-corrected chi connectivity index (χ2v) is 11.1. The van der Waals surface area contributed by atoms with Crippen LogP contribution in [0.4, 0.5) is 11.5 Å². The van der Waals surface area contributed by atoms with Gasteiger partial charge in [-0.15, -0.1) is 0 Å². The second-order valence-electron chi connectivity index (χ2n) is 11.1. The molecule has 2 aliphatic rings. The highest BCUT2D eigenvalue weighted by Crippen LogP contribution is 2.41. The summed E-state index contributed by atoms with van der Waals surface area (Å²) >= 11 is 0. The molecule has 0 saturated heterocycles. The largest absolute Gasteiger partial charge is 0.350 e. The molecule has 45 heavy (non-hydrogen) atoms. The van der Waals surface area contributed by atoms with Crippen molar-refractivity contribution in [3.8, 4) is 5.69 Å². The summed E-state index contributed by atoms with van der Waals surface area (Å²) in [5, 5.41) is 14.1. The van der Waals surface area contributed by atoms with Crippen molar-refractivity contribution in [2.75, 3.05) is 10.2 Å². The molecule has 1 atom stereocenters. The van der Waals surface area contributed by atoms with E-state index in [0.29, 0.717) is 70.4 Å². The maximum absolute atomic E-state index is 13.8. The minimum atomic E-state index is -0.442. The Bertz CT molecular complexity index is 1980. The average molecular weight is 608 g/mol. The first-order valence-corrected chi connectivity index (χ1v) is 14.7. The van der Waals surface area contributed by atoms with E-state index in [9.17, 15) is 19.2 Å². The fourth-order valence-electron chi connectivity index (χ4n) is 5.94. The van der Waals surface area contributed by atoms with Gasteiger partial charge in [0.25, 0.3) is 17.7 Å². The fraction of sp³-hybridized carbons (Fsp3) is 0.281. The Morgan fingerprint density at radius 2 is 1.71 bits per heavy atom. The lowest BCUT2D eigenvalue weighted by atomic mass is 9.98. The molecule has 3 aromatic heterocycles. The highest BCUT2D eigenvalue weighted by molar-refractivity contribution is 6.13. The van der Waals surface area contributed by atoms with E-state index in [0.717, 1.165) is 0 Å². The third kappa shape index (κ3) is 5.37. The zero-order valence-electron chi connectivity index (χ0n) is 25.7. The molecule has 1 aliphatic heterocycles. The van der Waals surface area contributed by atoms with Gasteiger partial charge in [-0.3, -0.25) is 19.1 Å². The van der Waals surface area contributed by atoms with Crippen molar-refractivity contribution in [3.63, 3.8) is 0 Å². The molecule has 2 N–H and O–H groups in total. The minimum absolute atomic E-state index is 0.178. The molecule has 0 spiro atoms. The van der Waals surface area contributed by atoms with E-state index in [4.69, 9.17) is 0 Å². The van der Waals surface area contributed by atoms with Gasteiger partial charge in [0.15, 0.2) is 5.82 Å². The number of pyridine rings is 1. The molecule has 1 aromatic carbocycles. The van der Waals surface area contributed by atoms with Gasteiger partial charge in [-0.1, -0.05) is 13.0 Å². The van der Waals surface area contributed by atoms with Crippen LogP contribution in [-0.2, 0) is 18.9 Å². The minimum Gasteiger partial charge on any atom is -0.324 e. The summed E-state index contributed by atoms with van der Waals surface area (Å²) in [6.45, 7) is 5.46. The number of aromatic nitrogens is 6. The summed E-state index contributed by atoms with van der Waals surface area (Å²) in [6.07, 6.45) is 6.85. The Kier molecular flexibility index (Phi) is 7.52. The van der Waals surface area contributed by atoms with Gasteiger partial charge < -0.3 is 15.5 Å². The van der Waals surface area contributed by atoms with Crippen molar-refractivity contribution >= 4 is 29.2 Å². The Hall–Kier alpha value is -5.59. The maximum atomic E-state index is 13.8. The third-order valence-corrected chi connectivity index (χ3v) is 7.95. The van der Waals surface area contributed by atoms with Crippen LogP contribution in [0.1, 0.15) is 70.2 Å². The van der Waals surface area contributed by atoms with Crippen LogP contribution in [0.3, 0.4) is 0 Å². The van der Waals surface area contributed by atoms with E-state index in [2.05, 4.69) is 25.8 Å². The van der Waals surface area contributed by atoms with Gasteiger partial charge in [0.05, 0.1) is 11.7 Å². The number of aryl methyl sites for hydroxylation is 4. The first-order chi connectivity index (χ1) is 21.5. The summed E-state index contributed by atoms with van der Waals surface area (Å²) < 4.78 is 4.37. The summed E-state index contributed by atoms with van der Waals surface area (Å²) in [6, 6.07) is 10.1. The SMILES string of the molecule is CCC1c2c(cc(C)nc2C(=O)NC2=CC(C(=O)Nc3ccn(C)n3)=CCC2)C(=O)N1c1ccc(-n2c(C)nn(C)c2=O)cc1. The number of benzene rings is 1. The highest BCUT2D eigenvalue weighted by Gasteiger charge is 2.41. The van der Waals surface area contributed by atoms with Gasteiger partial charge in [-0.2, -0.15) is 10.2 Å². The summed E-state index contributed by atoms with van der Waals surface area (Å²) in [7, 11) is 3.36. The Morgan fingerprint density at radius 3 is 2.36 bits per heavy atom. The van der Waals surface area contributed by atoms with E-state index in [1.165, 1.54) is 9.25 Å². The molecule has 0 fully saturated rings. The number of amides is 3. The summed E-state index contributed by atoms with van der Waals surface area (Å²) in [5.74, 6) is -0.0117. The second kappa shape index (κ2) is 11.5. The number of nitrogens with zero attached hydrogens (tertiary/aromatic N) is 7. The van der Waals surface area contributed by atoms with Crippen LogP contribution in [-0.4, -0.2) is 46.8 Å². The first-order valence-electron chi connectivity index (χ1n) is 14.7. The van der Waals surface area contributed by atoms with E-state index < -0.39 is 11.9 Å². The van der Waals surface area contributed by atoms with Crippen LogP contribution < -0.4 is 21.2 Å². The molecule has 0 saturated carbocycles. The van der Waals surface area contributed by atoms with E-state index in [-0.39, 0.29) is 23.2 Å². The molecular weight excluding hydrogens is 574 g/mol. The van der Waals surface area contributed by atoms with Crippen LogP contribution in [0.2, 0.25) is 0 Å². The van der Waals surface area contributed by atoms with Gasteiger partial charge in [0.2, 0.25) is 0 Å². The number of fused-ring (bicyclic) bond motifs is 1. The number of carbonyl (C=O) groups is 3. The normalized spacial score (nSPS) is 15.9. The van der Waals surface area contributed by atoms with Gasteiger partial charge >= 0.3 is 5.69 Å². The molecule has 0 bridgehead atoms. The predicted octanol–water partition coefficient (Wildman–Crippen LogP) is 3.40. The monoisotopic (exact) mass is 607 g/mol. The van der Waals surface area contributed by atoms with Gasteiger partial charge in [-0.25, -0.2) is 19.0 Å². The quantitative estimate of drug-likeness (QED) is 0.327. The maximum Gasteiger partial charge on any atom is 0.350 e. The van der Waals surface area contributed by atoms with Crippen LogP contribution in [0.15, 0.2) is 70.8 Å². The molecule has 230 valence electrons. The molecule has 1 aliphatic carbocycles. The predicted molar refractivity (Wildman–Crippen MR) is 167 cm³/mol. The van der Waals surface area contributed by atoms with Crippen molar-refractivity contribution in [1.82, 2.24) is 34.4 Å². The number of rotatable bonds is 7. The van der Waals surface area contributed by atoms with E-state index in [1.54, 1.807) is 86.2 Å². The fourth-order valence-corrected chi connectivity index (χ4v) is 5.94. The number of anilines is 2. The Balaban J connectivity index is 1.27. The number of hydrogen-bond acceptors (Lipinski definition) is 7. The molecule has 1 unspecified atom stereocenters. The lowest BCUT2D eigenvalue weighted by molar-refractivity contribution is -0.112. The average Bonchev–Trinajstić information content (AvgIpc) is 3.64. The lowest BCUT2D eigenvalue weighted by Gasteiger charge is -2.25. The molecule has 13 nitrogen and oxygen atoms in total. The van der Waals surface area contributed by atoms with Gasteiger partial charge in [0, 0.05) is 60.1 Å². The van der Waals surface area contributed by atoms with Crippen molar-refractivity contribution in [2.24, 2.45) is 14.1 Å². The first kappa shape index (κ1) is 29.5. The molecule has 6 rings (SSSR count). The van der Waals surface area contributed by atoms with Crippen LogP contribution in [0, 0.1) is 13.8 Å². The van der Waals surface area contributed by atoms with Crippen LogP contribution in [0.25, 0.3) is 5.69 Å². The standard InChI is InChI=1S/C32H33N9O4/c1-6-25-27-24(31(44)41(25)23-12-10-22(11-13-23)40-19(3)36-39(5)32(40)45)16-18(2)33-28(27)30(43)34-21-9-7-8-20(17-21)29(42)35-26-14-15-38(4)37-26/h8,10-17,25H,6-7,9H2,1-5H3,(H,34,43)(H,35,37,42). The molecular formula is C32H33N9O4. The Morgan fingerprint density at radius 1 is 0.978 bits per heavy atom. The van der Waals surface area contributed by atoms with Gasteiger partial charge in [-0.05, 0) is 69.5 Å². The summed E-state index contributed by atoms with van der Waals surface area (Å²) in [5.41, 5.74) is 3.71. The lowest BCUT2D eigenvalue weighted by Crippen LogP contribution is -2.29. The Labute approximate surface area is 258 Å². The molecule has 0 radical (unpaired) electrons. The number of allylic oxidation sites excluding steroid dienone is 2. The van der Waals surface area contributed by atoms with Crippen LogP contribution >= 0.6 is 0 Å². The molecule has 13 heteroatoms. The number of hydrogen-bond donors (Lipinski definition) is 2. The van der Waals surface area contributed by atoms with E-state index >= 15 is 0 Å². The van der Waals surface area contributed by atoms with E-state index in [1.807, 2.05) is 13.0 Å². The topological polar surface area (TPSA) is 149 Å². The van der Waals surface area contributed by atoms with Crippen LogP contribution in [0.5, 0.6) is 0 Å².